The zero-order chi connectivity index (χ0) is 17.5. The highest BCUT2D eigenvalue weighted by Crippen LogP contribution is 2.67. The maximum atomic E-state index is 13.8. The van der Waals surface area contributed by atoms with Crippen LogP contribution in [0.4, 0.5) is 22.0 Å². The Bertz CT molecular complexity index is 689. The van der Waals surface area contributed by atoms with Crippen LogP contribution in [0, 0.1) is 11.6 Å². The van der Waals surface area contributed by atoms with E-state index in [1.165, 1.54) is 0 Å². The first-order valence-electron chi connectivity index (χ1n) is 6.14. The molecule has 9 heteroatoms. The molecule has 23 heavy (non-hydrogen) atoms. The number of rotatable bonds is 3. The number of hydrogen-bond donors (Lipinski definition) is 2. The molecule has 0 amide bonds. The predicted octanol–water partition coefficient (Wildman–Crippen LogP) is 3.95. The van der Waals surface area contributed by atoms with E-state index < -0.39 is 41.7 Å². The van der Waals surface area contributed by atoms with Crippen molar-refractivity contribution < 1.29 is 36.3 Å². The highest BCUT2D eigenvalue weighted by Gasteiger charge is 2.68. The average Bonchev–Trinajstić information content (AvgIpc) is 2.40. The lowest BCUT2D eigenvalue weighted by atomic mass is 9.89. The van der Waals surface area contributed by atoms with Crippen LogP contribution in [0.25, 0.3) is 0 Å². The number of alkyl halides is 3. The molecule has 0 fully saturated rings. The van der Waals surface area contributed by atoms with E-state index in [2.05, 4.69) is 0 Å². The molecule has 0 radical (unpaired) electrons. The molecule has 3 nitrogen and oxygen atoms in total. The van der Waals surface area contributed by atoms with Crippen LogP contribution >= 0.6 is 7.60 Å². The van der Waals surface area contributed by atoms with Gasteiger partial charge in [0.25, 0.3) is 0 Å². The SMILES string of the molecule is O=P(O)(O)C(c1ccc(F)cc1)(c1ccc(F)cc1)C(F)(F)F. The summed E-state index contributed by atoms with van der Waals surface area (Å²) in [5.41, 5.74) is -1.68. The Morgan fingerprint density at radius 3 is 1.26 bits per heavy atom. The van der Waals surface area contributed by atoms with Crippen LogP contribution in [0.1, 0.15) is 11.1 Å². The summed E-state index contributed by atoms with van der Waals surface area (Å²) < 4.78 is 79.1. The zero-order valence-electron chi connectivity index (χ0n) is 11.3. The summed E-state index contributed by atoms with van der Waals surface area (Å²) in [6, 6.07) is 5.22. The monoisotopic (exact) mass is 352 g/mol. The molecule has 0 aromatic heterocycles. The second-order valence-electron chi connectivity index (χ2n) is 4.77. The molecule has 0 aliphatic rings. The van der Waals surface area contributed by atoms with Crippen molar-refractivity contribution >= 4 is 7.60 Å². The maximum Gasteiger partial charge on any atom is 0.413 e. The molecule has 0 heterocycles. The van der Waals surface area contributed by atoms with Crippen LogP contribution in [0.5, 0.6) is 0 Å². The van der Waals surface area contributed by atoms with Crippen LogP contribution in [0.2, 0.25) is 0 Å². The van der Waals surface area contributed by atoms with Gasteiger partial charge in [0.2, 0.25) is 5.16 Å². The summed E-state index contributed by atoms with van der Waals surface area (Å²) in [7, 11) is -5.87. The molecule has 0 saturated carbocycles. The van der Waals surface area contributed by atoms with Crippen LogP contribution in [-0.2, 0) is 9.72 Å². The van der Waals surface area contributed by atoms with Crippen LogP contribution in [0.15, 0.2) is 48.5 Å². The lowest BCUT2D eigenvalue weighted by Gasteiger charge is -2.36. The lowest BCUT2D eigenvalue weighted by molar-refractivity contribution is -0.158. The summed E-state index contributed by atoms with van der Waals surface area (Å²) in [6.45, 7) is 0. The molecule has 0 spiro atoms. The minimum Gasteiger partial charge on any atom is -0.323 e. The summed E-state index contributed by atoms with van der Waals surface area (Å²) in [4.78, 5) is 19.0. The van der Waals surface area contributed by atoms with E-state index in [0.29, 0.717) is 48.5 Å². The highest BCUT2D eigenvalue weighted by molar-refractivity contribution is 7.53. The first-order valence-corrected chi connectivity index (χ1v) is 7.76. The topological polar surface area (TPSA) is 57.5 Å². The van der Waals surface area contributed by atoms with Gasteiger partial charge in [0.1, 0.15) is 11.6 Å². The van der Waals surface area contributed by atoms with Gasteiger partial charge in [0.15, 0.2) is 0 Å². The molecule has 124 valence electrons. The molecular weight excluding hydrogens is 342 g/mol. The predicted molar refractivity (Wildman–Crippen MR) is 71.7 cm³/mol. The fourth-order valence-electron chi connectivity index (χ4n) is 2.38. The minimum atomic E-state index is -5.87. The van der Waals surface area contributed by atoms with Crippen molar-refractivity contribution in [2.45, 2.75) is 11.3 Å². The first-order chi connectivity index (χ1) is 10.5. The third-order valence-corrected chi connectivity index (χ3v) is 5.01. The molecule has 0 bridgehead atoms. The van der Waals surface area contributed by atoms with E-state index in [0.717, 1.165) is 0 Å². The Kier molecular flexibility index (Phi) is 4.36. The molecule has 2 aromatic carbocycles. The van der Waals surface area contributed by atoms with E-state index in [1.807, 2.05) is 0 Å². The quantitative estimate of drug-likeness (QED) is 0.650. The number of halogens is 5. The fourth-order valence-corrected chi connectivity index (χ4v) is 3.68. The lowest BCUT2D eigenvalue weighted by Crippen LogP contribution is -2.43. The zero-order valence-corrected chi connectivity index (χ0v) is 12.2. The Hall–Kier alpha value is -1.76. The molecule has 2 N–H and O–H groups in total. The Morgan fingerprint density at radius 2 is 1.04 bits per heavy atom. The Balaban J connectivity index is 2.89. The maximum absolute atomic E-state index is 13.8. The third-order valence-electron chi connectivity index (χ3n) is 3.37. The van der Waals surface area contributed by atoms with E-state index >= 15 is 0 Å². The van der Waals surface area contributed by atoms with Crippen molar-refractivity contribution in [1.82, 2.24) is 0 Å². The van der Waals surface area contributed by atoms with Gasteiger partial charge in [-0.25, -0.2) is 8.78 Å². The summed E-state index contributed by atoms with van der Waals surface area (Å²) >= 11 is 0. The van der Waals surface area contributed by atoms with Crippen molar-refractivity contribution in [3.63, 3.8) is 0 Å². The smallest absolute Gasteiger partial charge is 0.323 e. The molecule has 2 rings (SSSR count). The second-order valence-corrected chi connectivity index (χ2v) is 6.52. The molecular formula is C14H10F5O3P. The molecule has 0 aliphatic heterocycles. The summed E-state index contributed by atoms with van der Waals surface area (Å²) in [5.74, 6) is -1.73. The van der Waals surface area contributed by atoms with Gasteiger partial charge in [-0.05, 0) is 35.4 Å². The normalized spacial score (nSPS) is 13.2. The van der Waals surface area contributed by atoms with E-state index in [1.54, 1.807) is 0 Å². The standard InChI is InChI=1S/C14H10F5O3P/c15-11-5-1-9(2-6-11)13(14(17,18)19,23(20,21)22)10-3-7-12(16)8-4-10/h1-8H,(H2,20,21,22). The largest absolute Gasteiger partial charge is 0.413 e. The number of hydrogen-bond acceptors (Lipinski definition) is 1. The van der Waals surface area contributed by atoms with Crippen molar-refractivity contribution in [1.29, 1.82) is 0 Å². The molecule has 2 aromatic rings. The molecule has 0 unspecified atom stereocenters. The van der Waals surface area contributed by atoms with Gasteiger partial charge < -0.3 is 9.79 Å². The summed E-state index contributed by atoms with van der Waals surface area (Å²) in [6.07, 6.45) is -5.41. The minimum absolute atomic E-state index is 0.644. The highest BCUT2D eigenvalue weighted by atomic mass is 31.2. The number of benzene rings is 2. The average molecular weight is 352 g/mol. The van der Waals surface area contributed by atoms with Gasteiger partial charge in [-0.2, -0.15) is 13.2 Å². The Labute approximate surface area is 127 Å². The van der Waals surface area contributed by atoms with Crippen molar-refractivity contribution in [3.8, 4) is 0 Å². The van der Waals surface area contributed by atoms with Crippen molar-refractivity contribution in [2.75, 3.05) is 0 Å². The van der Waals surface area contributed by atoms with Crippen molar-refractivity contribution in [2.24, 2.45) is 0 Å². The Morgan fingerprint density at radius 1 is 0.739 bits per heavy atom. The van der Waals surface area contributed by atoms with Crippen LogP contribution in [-0.4, -0.2) is 16.0 Å². The second kappa shape index (κ2) is 5.70. The van der Waals surface area contributed by atoms with Gasteiger partial charge in [-0.15, -0.1) is 0 Å². The fraction of sp³-hybridized carbons (Fsp3) is 0.143. The summed E-state index contributed by atoms with van der Waals surface area (Å²) in [5, 5.41) is -3.72. The van der Waals surface area contributed by atoms with Gasteiger partial charge in [0.05, 0.1) is 0 Å². The van der Waals surface area contributed by atoms with E-state index in [9.17, 15) is 36.3 Å². The van der Waals surface area contributed by atoms with Gasteiger partial charge in [-0.3, -0.25) is 4.57 Å². The van der Waals surface area contributed by atoms with Crippen molar-refractivity contribution in [3.05, 3.63) is 71.3 Å². The van der Waals surface area contributed by atoms with Crippen LogP contribution in [0.3, 0.4) is 0 Å². The van der Waals surface area contributed by atoms with Gasteiger partial charge in [-0.1, -0.05) is 24.3 Å². The first kappa shape index (κ1) is 17.6. The third kappa shape index (κ3) is 2.89. The van der Waals surface area contributed by atoms with E-state index in [4.69, 9.17) is 0 Å². The van der Waals surface area contributed by atoms with Crippen LogP contribution < -0.4 is 0 Å². The van der Waals surface area contributed by atoms with E-state index in [-0.39, 0.29) is 0 Å². The molecule has 0 saturated heterocycles. The molecule has 0 atom stereocenters. The van der Waals surface area contributed by atoms with Gasteiger partial charge >= 0.3 is 13.8 Å². The van der Waals surface area contributed by atoms with Gasteiger partial charge in [0, 0.05) is 0 Å². The molecule has 0 aliphatic carbocycles.